The Labute approximate surface area is 239 Å². The van der Waals surface area contributed by atoms with Crippen LogP contribution in [0.3, 0.4) is 0 Å². The number of hydrogen-bond acceptors (Lipinski definition) is 10. The molecule has 2 heterocycles. The third kappa shape index (κ3) is 9.55. The van der Waals surface area contributed by atoms with Crippen molar-refractivity contribution in [1.29, 1.82) is 0 Å². The third-order valence-corrected chi connectivity index (χ3v) is 5.78. The first-order chi connectivity index (χ1) is 19.1. The number of carbonyl (C=O) groups is 2. The molecular formula is C29H40N2O10. The van der Waals surface area contributed by atoms with Gasteiger partial charge in [-0.1, -0.05) is 30.3 Å². The number of carbonyl (C=O) groups excluding carboxylic acids is 2. The van der Waals surface area contributed by atoms with Crippen molar-refractivity contribution in [3.63, 3.8) is 0 Å². The Morgan fingerprint density at radius 1 is 0.976 bits per heavy atom. The maximum Gasteiger partial charge on any atom is 0.508 e. The zero-order valence-electron chi connectivity index (χ0n) is 24.7. The number of rotatable bonds is 9. The van der Waals surface area contributed by atoms with E-state index in [0.717, 1.165) is 10.1 Å². The lowest BCUT2D eigenvalue weighted by Gasteiger charge is -2.22. The van der Waals surface area contributed by atoms with Gasteiger partial charge in [0.1, 0.15) is 30.1 Å². The van der Waals surface area contributed by atoms with Gasteiger partial charge in [-0.05, 0) is 54.0 Å². The van der Waals surface area contributed by atoms with Crippen molar-refractivity contribution in [3.8, 4) is 0 Å². The Bertz CT molecular complexity index is 1300. The van der Waals surface area contributed by atoms with Crippen LogP contribution >= 0.6 is 0 Å². The molecule has 0 N–H and O–H groups in total. The average Bonchev–Trinajstić information content (AvgIpc) is 3.26. The molecule has 0 bridgehead atoms. The van der Waals surface area contributed by atoms with Gasteiger partial charge in [-0.25, -0.2) is 14.4 Å². The van der Waals surface area contributed by atoms with Gasteiger partial charge in [0.25, 0.3) is 5.56 Å². The molecule has 0 amide bonds. The van der Waals surface area contributed by atoms with Gasteiger partial charge < -0.3 is 28.4 Å². The van der Waals surface area contributed by atoms with Crippen molar-refractivity contribution in [1.82, 2.24) is 9.13 Å². The summed E-state index contributed by atoms with van der Waals surface area (Å²) >= 11 is 0. The lowest BCUT2D eigenvalue weighted by molar-refractivity contribution is -0.0857. The number of benzene rings is 1. The van der Waals surface area contributed by atoms with Crippen molar-refractivity contribution in [2.75, 3.05) is 19.8 Å². The smallest absolute Gasteiger partial charge is 0.443 e. The summed E-state index contributed by atoms with van der Waals surface area (Å²) in [7, 11) is 0. The second-order valence-electron chi connectivity index (χ2n) is 11.7. The van der Waals surface area contributed by atoms with Crippen LogP contribution < -0.4 is 11.2 Å². The monoisotopic (exact) mass is 576 g/mol. The molecule has 1 aliphatic rings. The van der Waals surface area contributed by atoms with E-state index in [9.17, 15) is 19.2 Å². The van der Waals surface area contributed by atoms with Crippen LogP contribution in [0.4, 0.5) is 9.59 Å². The second-order valence-corrected chi connectivity index (χ2v) is 11.7. The fourth-order valence-corrected chi connectivity index (χ4v) is 4.02. The van der Waals surface area contributed by atoms with Crippen molar-refractivity contribution >= 4 is 12.2 Å². The van der Waals surface area contributed by atoms with E-state index in [1.54, 1.807) is 41.5 Å². The first-order valence-corrected chi connectivity index (χ1v) is 13.5. The average molecular weight is 577 g/mol. The Morgan fingerprint density at radius 2 is 1.63 bits per heavy atom. The second kappa shape index (κ2) is 13.5. The van der Waals surface area contributed by atoms with Crippen LogP contribution in [0.15, 0.2) is 46.1 Å². The van der Waals surface area contributed by atoms with Gasteiger partial charge in [0.15, 0.2) is 0 Å². The highest BCUT2D eigenvalue weighted by Crippen LogP contribution is 2.30. The molecule has 0 unspecified atom stereocenters. The van der Waals surface area contributed by atoms with Crippen molar-refractivity contribution < 1.29 is 38.0 Å². The van der Waals surface area contributed by atoms with Crippen LogP contribution in [0.25, 0.3) is 0 Å². The minimum atomic E-state index is -1.09. The summed E-state index contributed by atoms with van der Waals surface area (Å²) in [5.74, 6) is 0. The van der Waals surface area contributed by atoms with Crippen LogP contribution in [0.5, 0.6) is 0 Å². The summed E-state index contributed by atoms with van der Waals surface area (Å²) in [5, 5.41) is 0. The molecule has 1 saturated heterocycles. The van der Waals surface area contributed by atoms with Crippen LogP contribution in [-0.2, 0) is 35.0 Å². The Kier molecular flexibility index (Phi) is 10.5. The molecule has 1 aromatic heterocycles. The fraction of sp³-hybridized carbons (Fsp3) is 0.586. The first-order valence-electron chi connectivity index (χ1n) is 13.5. The highest BCUT2D eigenvalue weighted by atomic mass is 16.7. The zero-order chi connectivity index (χ0) is 30.4. The number of aromatic nitrogens is 2. The molecule has 2 aromatic rings. The third-order valence-electron chi connectivity index (χ3n) is 5.78. The van der Waals surface area contributed by atoms with Gasteiger partial charge in [-0.2, -0.15) is 4.57 Å². The number of aryl methyl sites for hydroxylation is 1. The highest BCUT2D eigenvalue weighted by Gasteiger charge is 2.39. The molecule has 1 aliphatic heterocycles. The minimum Gasteiger partial charge on any atom is -0.443 e. The Balaban J connectivity index is 1.76. The number of nitrogens with zero attached hydrogens (tertiary/aromatic N) is 2. The summed E-state index contributed by atoms with van der Waals surface area (Å²) in [6, 6.07) is 9.69. The van der Waals surface area contributed by atoms with E-state index in [0.29, 0.717) is 11.2 Å². The molecule has 0 saturated carbocycles. The van der Waals surface area contributed by atoms with Crippen LogP contribution in [0, 0.1) is 6.92 Å². The van der Waals surface area contributed by atoms with Gasteiger partial charge in [0, 0.05) is 18.2 Å². The van der Waals surface area contributed by atoms with Gasteiger partial charge in [-0.15, -0.1) is 0 Å². The molecule has 0 spiro atoms. The lowest BCUT2D eigenvalue weighted by Crippen LogP contribution is -2.47. The standard InChI is InChI=1S/C29H40N2O10/c1-19-16-30(25(33)31(24(19)32)26(34)40-28(2,3)4)23-15-21(22(39-23)18-38-27(35)41-29(5,6)7)37-14-13-36-17-20-11-9-8-10-12-20/h8-12,16,21-23H,13-15,17-18H2,1-7H3/t21-,22-,23-/m1/s1. The molecule has 12 nitrogen and oxygen atoms in total. The van der Waals surface area contributed by atoms with Crippen LogP contribution in [-0.4, -0.2) is 64.6 Å². The van der Waals surface area contributed by atoms with E-state index >= 15 is 0 Å². The van der Waals surface area contributed by atoms with Crippen molar-refractivity contribution in [2.24, 2.45) is 0 Å². The highest BCUT2D eigenvalue weighted by molar-refractivity contribution is 5.70. The van der Waals surface area contributed by atoms with E-state index < -0.39 is 53.1 Å². The molecule has 0 aliphatic carbocycles. The van der Waals surface area contributed by atoms with E-state index in [-0.39, 0.29) is 31.8 Å². The maximum atomic E-state index is 13.3. The molecule has 3 rings (SSSR count). The SMILES string of the molecule is Cc1cn([C@H]2C[C@@H](OCCOCc3ccccc3)[C@@H](COC(=O)OC(C)(C)C)O2)c(=O)n(C(=O)OC(C)(C)C)c1=O. The summed E-state index contributed by atoms with van der Waals surface area (Å²) < 4.78 is 35.1. The topological polar surface area (TPSA) is 134 Å². The molecular weight excluding hydrogens is 536 g/mol. The molecule has 0 radical (unpaired) electrons. The summed E-state index contributed by atoms with van der Waals surface area (Å²) in [5.41, 5.74) is -2.21. The fourth-order valence-electron chi connectivity index (χ4n) is 4.02. The summed E-state index contributed by atoms with van der Waals surface area (Å²) in [6.07, 6.45) is -2.75. The molecule has 12 heteroatoms. The van der Waals surface area contributed by atoms with Gasteiger partial charge in [0.2, 0.25) is 0 Å². The van der Waals surface area contributed by atoms with Crippen LogP contribution in [0.1, 0.15) is 65.3 Å². The van der Waals surface area contributed by atoms with Gasteiger partial charge >= 0.3 is 17.9 Å². The quantitative estimate of drug-likeness (QED) is 0.319. The van der Waals surface area contributed by atoms with E-state index in [1.807, 2.05) is 30.3 Å². The molecule has 226 valence electrons. The molecule has 1 fully saturated rings. The largest absolute Gasteiger partial charge is 0.508 e. The maximum absolute atomic E-state index is 13.3. The molecule has 3 atom stereocenters. The molecule has 41 heavy (non-hydrogen) atoms. The van der Waals surface area contributed by atoms with Gasteiger partial charge in [-0.3, -0.25) is 9.36 Å². The lowest BCUT2D eigenvalue weighted by atomic mass is 10.2. The van der Waals surface area contributed by atoms with E-state index in [2.05, 4.69) is 0 Å². The Morgan fingerprint density at radius 3 is 2.27 bits per heavy atom. The van der Waals surface area contributed by atoms with E-state index in [1.165, 1.54) is 13.1 Å². The summed E-state index contributed by atoms with van der Waals surface area (Å²) in [6.45, 7) is 12.2. The van der Waals surface area contributed by atoms with Crippen molar-refractivity contribution in [3.05, 3.63) is 68.5 Å². The number of ether oxygens (including phenoxy) is 6. The van der Waals surface area contributed by atoms with Crippen LogP contribution in [0.2, 0.25) is 0 Å². The first kappa shape index (κ1) is 32.0. The zero-order valence-corrected chi connectivity index (χ0v) is 24.7. The normalized spacial score (nSPS) is 19.1. The number of hydrogen-bond donors (Lipinski definition) is 0. The Hall–Kier alpha value is -3.48. The van der Waals surface area contributed by atoms with E-state index in [4.69, 9.17) is 28.4 Å². The summed E-state index contributed by atoms with van der Waals surface area (Å²) in [4.78, 5) is 50.9. The predicted octanol–water partition coefficient (Wildman–Crippen LogP) is 3.94. The molecule has 1 aromatic carbocycles. The van der Waals surface area contributed by atoms with Crippen molar-refractivity contribution in [2.45, 2.75) is 91.1 Å². The minimum absolute atomic E-state index is 0.138. The van der Waals surface area contributed by atoms with Gasteiger partial charge in [0.05, 0.1) is 25.9 Å². The predicted molar refractivity (Wildman–Crippen MR) is 148 cm³/mol.